The van der Waals surface area contributed by atoms with Crippen molar-refractivity contribution in [3.05, 3.63) is 57.2 Å². The van der Waals surface area contributed by atoms with Crippen molar-refractivity contribution in [3.63, 3.8) is 0 Å². The number of benzene rings is 1. The molecular formula is C23H24ClF2N5O2. The van der Waals surface area contributed by atoms with Gasteiger partial charge < -0.3 is 9.64 Å². The molecule has 0 saturated carbocycles. The number of rotatable bonds is 5. The lowest BCUT2D eigenvalue weighted by atomic mass is 10.1. The minimum atomic E-state index is -0.812. The van der Waals surface area contributed by atoms with Crippen molar-refractivity contribution in [2.24, 2.45) is 0 Å². The van der Waals surface area contributed by atoms with Gasteiger partial charge >= 0.3 is 0 Å². The molecule has 174 valence electrons. The molecule has 2 aliphatic heterocycles. The Bertz CT molecular complexity index is 1250. The molecule has 7 nitrogen and oxygen atoms in total. The molecule has 0 aliphatic carbocycles. The molecule has 1 saturated heterocycles. The van der Waals surface area contributed by atoms with Gasteiger partial charge in [0.25, 0.3) is 5.91 Å². The molecule has 5 rings (SSSR count). The number of carbonyl (C=O) groups is 1. The second-order valence-corrected chi connectivity index (χ2v) is 8.97. The standard InChI is InChI=1S/C23H24ClF2N5O2/c1-13-21(24)14(2)31-22(27-13)18-11-30(12-19(18)28-31)23(32)17-4-3-15(25)9-20(17)33-8-7-29-6-5-16(26)10-29/h3-4,9,16H,5-8,10-12H2,1-2H3/t16-/m0/s1. The van der Waals surface area contributed by atoms with Crippen molar-refractivity contribution in [1.82, 2.24) is 24.4 Å². The summed E-state index contributed by atoms with van der Waals surface area (Å²) in [6.07, 6.45) is -0.296. The number of hydrogen-bond donors (Lipinski definition) is 0. The first-order chi connectivity index (χ1) is 15.8. The molecule has 0 bridgehead atoms. The lowest BCUT2D eigenvalue weighted by Crippen LogP contribution is -2.28. The predicted octanol–water partition coefficient (Wildman–Crippen LogP) is 3.72. The van der Waals surface area contributed by atoms with Crippen LogP contribution in [0.5, 0.6) is 5.75 Å². The minimum absolute atomic E-state index is 0.186. The van der Waals surface area contributed by atoms with E-state index in [0.717, 1.165) is 17.0 Å². The molecule has 1 atom stereocenters. The number of carbonyl (C=O) groups excluding carboxylic acids is 1. The number of likely N-dealkylation sites (tertiary alicyclic amines) is 1. The third-order valence-corrected chi connectivity index (χ3v) is 6.84. The molecule has 4 heterocycles. The van der Waals surface area contributed by atoms with E-state index in [1.807, 2.05) is 18.7 Å². The summed E-state index contributed by atoms with van der Waals surface area (Å²) in [5.41, 5.74) is 4.13. The average Bonchev–Trinajstić information content (AvgIpc) is 3.47. The average molecular weight is 476 g/mol. The van der Waals surface area contributed by atoms with Crippen LogP contribution in [0.2, 0.25) is 5.02 Å². The molecule has 1 aromatic carbocycles. The van der Waals surface area contributed by atoms with Crippen LogP contribution in [0.3, 0.4) is 0 Å². The number of aromatic nitrogens is 3. The van der Waals surface area contributed by atoms with Gasteiger partial charge in [0.05, 0.1) is 40.8 Å². The van der Waals surface area contributed by atoms with Crippen LogP contribution in [0.1, 0.15) is 39.4 Å². The van der Waals surface area contributed by atoms with Gasteiger partial charge in [-0.15, -0.1) is 0 Å². The summed E-state index contributed by atoms with van der Waals surface area (Å²) >= 11 is 6.31. The van der Waals surface area contributed by atoms with E-state index in [-0.39, 0.29) is 23.8 Å². The van der Waals surface area contributed by atoms with Gasteiger partial charge in [0.15, 0.2) is 5.65 Å². The third-order valence-electron chi connectivity index (χ3n) is 6.30. The van der Waals surface area contributed by atoms with Crippen LogP contribution in [-0.2, 0) is 13.1 Å². The van der Waals surface area contributed by atoms with Crippen LogP contribution in [-0.4, -0.2) is 62.7 Å². The van der Waals surface area contributed by atoms with Crippen LogP contribution in [0.25, 0.3) is 5.65 Å². The fraction of sp³-hybridized carbons (Fsp3) is 0.435. The Hall–Kier alpha value is -2.78. The van der Waals surface area contributed by atoms with E-state index >= 15 is 0 Å². The maximum atomic E-state index is 13.9. The summed E-state index contributed by atoms with van der Waals surface area (Å²) in [7, 11) is 0. The van der Waals surface area contributed by atoms with Gasteiger partial charge in [-0.05, 0) is 32.4 Å². The van der Waals surface area contributed by atoms with Crippen LogP contribution in [0.4, 0.5) is 8.78 Å². The third kappa shape index (κ3) is 4.04. The largest absolute Gasteiger partial charge is 0.491 e. The zero-order chi connectivity index (χ0) is 23.3. The SMILES string of the molecule is Cc1nc2c3c(nn2c(C)c1Cl)CN(C(=O)c1ccc(F)cc1OCCN1CC[C@H](F)C1)C3. The van der Waals surface area contributed by atoms with Crippen LogP contribution in [0, 0.1) is 19.7 Å². The van der Waals surface area contributed by atoms with E-state index in [4.69, 9.17) is 16.3 Å². The molecular weight excluding hydrogens is 452 g/mol. The highest BCUT2D eigenvalue weighted by molar-refractivity contribution is 6.31. The quantitative estimate of drug-likeness (QED) is 0.563. The summed E-state index contributed by atoms with van der Waals surface area (Å²) in [5.74, 6) is -0.569. The number of nitrogens with zero attached hydrogens (tertiary/aromatic N) is 5. The van der Waals surface area contributed by atoms with Crippen LogP contribution in [0.15, 0.2) is 18.2 Å². The lowest BCUT2D eigenvalue weighted by molar-refractivity contribution is 0.0744. The van der Waals surface area contributed by atoms with Gasteiger partial charge in [-0.25, -0.2) is 18.3 Å². The van der Waals surface area contributed by atoms with Crippen molar-refractivity contribution in [2.45, 2.75) is 39.5 Å². The number of ether oxygens (including phenoxy) is 1. The first-order valence-corrected chi connectivity index (χ1v) is 11.3. The van der Waals surface area contributed by atoms with Crippen molar-refractivity contribution >= 4 is 23.2 Å². The highest BCUT2D eigenvalue weighted by atomic mass is 35.5. The number of fused-ring (bicyclic) bond motifs is 3. The molecule has 10 heteroatoms. The van der Waals surface area contributed by atoms with Crippen LogP contribution >= 0.6 is 11.6 Å². The monoisotopic (exact) mass is 475 g/mol. The van der Waals surface area contributed by atoms with E-state index in [9.17, 15) is 13.6 Å². The Morgan fingerprint density at radius 2 is 2.12 bits per heavy atom. The molecule has 0 radical (unpaired) electrons. The second kappa shape index (κ2) is 8.53. The van der Waals surface area contributed by atoms with E-state index in [1.165, 1.54) is 18.2 Å². The Kier molecular flexibility index (Phi) is 5.70. The van der Waals surface area contributed by atoms with Crippen molar-refractivity contribution < 1.29 is 18.3 Å². The van der Waals surface area contributed by atoms with Crippen molar-refractivity contribution in [1.29, 1.82) is 0 Å². The molecule has 0 unspecified atom stereocenters. The summed E-state index contributed by atoms with van der Waals surface area (Å²) in [6, 6.07) is 3.91. The summed E-state index contributed by atoms with van der Waals surface area (Å²) in [5, 5.41) is 5.18. The Labute approximate surface area is 194 Å². The number of hydrogen-bond acceptors (Lipinski definition) is 5. The maximum absolute atomic E-state index is 13.9. The Morgan fingerprint density at radius 3 is 2.88 bits per heavy atom. The fourth-order valence-corrected chi connectivity index (χ4v) is 4.62. The fourth-order valence-electron chi connectivity index (χ4n) is 4.49. The lowest BCUT2D eigenvalue weighted by Gasteiger charge is -2.20. The van der Waals surface area contributed by atoms with E-state index in [0.29, 0.717) is 55.5 Å². The maximum Gasteiger partial charge on any atom is 0.258 e. The van der Waals surface area contributed by atoms with Gasteiger partial charge in [0.2, 0.25) is 0 Å². The van der Waals surface area contributed by atoms with Gasteiger partial charge in [-0.1, -0.05) is 11.6 Å². The van der Waals surface area contributed by atoms with E-state index < -0.39 is 12.0 Å². The smallest absolute Gasteiger partial charge is 0.258 e. The summed E-state index contributed by atoms with van der Waals surface area (Å²) in [4.78, 5) is 21.5. The molecule has 0 spiro atoms. The van der Waals surface area contributed by atoms with Gasteiger partial charge in [0.1, 0.15) is 24.3 Å². The van der Waals surface area contributed by atoms with Crippen molar-refractivity contribution in [2.75, 3.05) is 26.2 Å². The molecule has 1 fully saturated rings. The number of aryl methyl sites for hydroxylation is 2. The Morgan fingerprint density at radius 1 is 1.30 bits per heavy atom. The normalized spacial score (nSPS) is 18.3. The first kappa shape index (κ1) is 22.0. The highest BCUT2D eigenvalue weighted by Gasteiger charge is 2.32. The molecule has 2 aromatic heterocycles. The molecule has 1 amide bonds. The van der Waals surface area contributed by atoms with Crippen LogP contribution < -0.4 is 4.74 Å². The summed E-state index contributed by atoms with van der Waals surface area (Å²) < 4.78 is 34.8. The molecule has 0 N–H and O–H groups in total. The summed E-state index contributed by atoms with van der Waals surface area (Å²) in [6.45, 7) is 6.19. The topological polar surface area (TPSA) is 63.0 Å². The number of amides is 1. The molecule has 33 heavy (non-hydrogen) atoms. The molecule has 2 aliphatic rings. The van der Waals surface area contributed by atoms with Gasteiger partial charge in [0, 0.05) is 31.3 Å². The zero-order valence-corrected chi connectivity index (χ0v) is 19.2. The van der Waals surface area contributed by atoms with E-state index in [1.54, 1.807) is 9.42 Å². The molecule has 3 aromatic rings. The minimum Gasteiger partial charge on any atom is -0.491 e. The number of alkyl halides is 1. The van der Waals surface area contributed by atoms with Gasteiger partial charge in [-0.3, -0.25) is 9.69 Å². The zero-order valence-electron chi connectivity index (χ0n) is 18.4. The van der Waals surface area contributed by atoms with E-state index in [2.05, 4.69) is 10.1 Å². The Balaban J connectivity index is 1.34. The predicted molar refractivity (Wildman–Crippen MR) is 119 cm³/mol. The second-order valence-electron chi connectivity index (χ2n) is 8.59. The number of halogens is 3. The van der Waals surface area contributed by atoms with Crippen molar-refractivity contribution in [3.8, 4) is 5.75 Å². The van der Waals surface area contributed by atoms with Gasteiger partial charge in [-0.2, -0.15) is 5.10 Å². The first-order valence-electron chi connectivity index (χ1n) is 10.9. The highest BCUT2D eigenvalue weighted by Crippen LogP contribution is 2.31.